The Bertz CT molecular complexity index is 428. The molecule has 1 aliphatic carbocycles. The van der Waals surface area contributed by atoms with E-state index in [1.165, 1.54) is 44.5 Å². The first-order valence-corrected chi connectivity index (χ1v) is 8.81. The van der Waals surface area contributed by atoms with Crippen LogP contribution in [0.25, 0.3) is 0 Å². The predicted molar refractivity (Wildman–Crippen MR) is 86.3 cm³/mol. The fraction of sp³-hybridized carbons (Fsp3) is 0.824. The van der Waals surface area contributed by atoms with Crippen LogP contribution in [-0.2, 0) is 6.54 Å². The van der Waals surface area contributed by atoms with Crippen LogP contribution in [0.1, 0.15) is 64.1 Å². The van der Waals surface area contributed by atoms with Gasteiger partial charge in [-0.05, 0) is 51.1 Å². The van der Waals surface area contributed by atoms with Crippen molar-refractivity contribution in [3.63, 3.8) is 0 Å². The van der Waals surface area contributed by atoms with E-state index >= 15 is 0 Å². The zero-order valence-corrected chi connectivity index (χ0v) is 13.6. The molecular weight excluding hydrogens is 260 g/mol. The van der Waals surface area contributed by atoms with Crippen molar-refractivity contribution in [1.29, 1.82) is 0 Å². The molecule has 2 aliphatic rings. The number of hydrogen-bond donors (Lipinski definition) is 1. The first-order chi connectivity index (χ1) is 10.3. The normalized spacial score (nSPS) is 22.6. The molecule has 2 fully saturated rings. The molecule has 1 atom stereocenters. The summed E-state index contributed by atoms with van der Waals surface area (Å²) in [6.45, 7) is 7.92. The summed E-state index contributed by atoms with van der Waals surface area (Å²) in [5.41, 5.74) is 1.24. The lowest BCUT2D eigenvalue weighted by Crippen LogP contribution is -2.38. The van der Waals surface area contributed by atoms with Crippen molar-refractivity contribution in [2.75, 3.05) is 13.1 Å². The number of rotatable bonds is 8. The second-order valence-corrected chi connectivity index (χ2v) is 6.71. The van der Waals surface area contributed by atoms with Gasteiger partial charge in [-0.25, -0.2) is 0 Å². The number of aromatic nitrogens is 2. The van der Waals surface area contributed by atoms with Gasteiger partial charge in [0.2, 0.25) is 0 Å². The molecule has 2 heterocycles. The molecule has 0 bridgehead atoms. The zero-order valence-electron chi connectivity index (χ0n) is 13.6. The molecule has 1 aliphatic heterocycles. The quantitative estimate of drug-likeness (QED) is 0.799. The van der Waals surface area contributed by atoms with Gasteiger partial charge in [-0.1, -0.05) is 13.8 Å². The average Bonchev–Trinajstić information content (AvgIpc) is 3.02. The maximum Gasteiger partial charge on any atom is 0.0765 e. The number of nitrogens with zero attached hydrogens (tertiary/aromatic N) is 3. The summed E-state index contributed by atoms with van der Waals surface area (Å²) in [5, 5.41) is 8.46. The Morgan fingerprint density at radius 3 is 2.76 bits per heavy atom. The number of nitrogens with one attached hydrogen (secondary N) is 1. The monoisotopic (exact) mass is 290 g/mol. The van der Waals surface area contributed by atoms with Gasteiger partial charge in [-0.3, -0.25) is 9.58 Å². The van der Waals surface area contributed by atoms with E-state index in [0.29, 0.717) is 12.1 Å². The summed E-state index contributed by atoms with van der Waals surface area (Å²) in [6.07, 6.45) is 9.93. The van der Waals surface area contributed by atoms with Crippen molar-refractivity contribution in [1.82, 2.24) is 20.0 Å². The average molecular weight is 290 g/mol. The molecule has 1 saturated heterocycles. The Morgan fingerprint density at radius 1 is 1.33 bits per heavy atom. The van der Waals surface area contributed by atoms with Gasteiger partial charge in [0.1, 0.15) is 0 Å². The van der Waals surface area contributed by atoms with E-state index in [1.54, 1.807) is 0 Å². The Kier molecular flexibility index (Phi) is 4.96. The van der Waals surface area contributed by atoms with Crippen LogP contribution in [0.5, 0.6) is 0 Å². The largest absolute Gasteiger partial charge is 0.313 e. The molecule has 118 valence electrons. The Balaban J connectivity index is 1.60. The minimum Gasteiger partial charge on any atom is -0.313 e. The molecule has 1 saturated carbocycles. The predicted octanol–water partition coefficient (Wildman–Crippen LogP) is 2.96. The molecule has 4 heteroatoms. The molecule has 0 radical (unpaired) electrons. The van der Waals surface area contributed by atoms with Crippen LogP contribution in [0.2, 0.25) is 0 Å². The third kappa shape index (κ3) is 3.86. The molecule has 21 heavy (non-hydrogen) atoms. The van der Waals surface area contributed by atoms with E-state index in [1.807, 2.05) is 0 Å². The second-order valence-electron chi connectivity index (χ2n) is 6.71. The van der Waals surface area contributed by atoms with Gasteiger partial charge in [0.05, 0.1) is 11.7 Å². The van der Waals surface area contributed by atoms with E-state index < -0.39 is 0 Å². The molecule has 1 N–H and O–H groups in total. The van der Waals surface area contributed by atoms with Crippen LogP contribution in [0.4, 0.5) is 0 Å². The molecule has 1 aromatic rings. The van der Waals surface area contributed by atoms with Crippen LogP contribution in [0.3, 0.4) is 0 Å². The summed E-state index contributed by atoms with van der Waals surface area (Å²) >= 11 is 0. The zero-order chi connectivity index (χ0) is 14.7. The smallest absolute Gasteiger partial charge is 0.0765 e. The van der Waals surface area contributed by atoms with Crippen molar-refractivity contribution >= 4 is 0 Å². The topological polar surface area (TPSA) is 33.1 Å². The van der Waals surface area contributed by atoms with Gasteiger partial charge in [0.15, 0.2) is 0 Å². The van der Waals surface area contributed by atoms with E-state index in [4.69, 9.17) is 5.10 Å². The van der Waals surface area contributed by atoms with E-state index in [-0.39, 0.29) is 0 Å². The van der Waals surface area contributed by atoms with E-state index in [2.05, 4.69) is 41.0 Å². The Hall–Kier alpha value is -0.870. The lowest BCUT2D eigenvalue weighted by molar-refractivity contribution is 0.227. The van der Waals surface area contributed by atoms with Gasteiger partial charge < -0.3 is 5.32 Å². The highest BCUT2D eigenvalue weighted by molar-refractivity contribution is 5.02. The molecular formula is C17H30N4. The highest BCUT2D eigenvalue weighted by Gasteiger charge is 2.31. The van der Waals surface area contributed by atoms with Crippen molar-refractivity contribution in [2.24, 2.45) is 0 Å². The van der Waals surface area contributed by atoms with Crippen molar-refractivity contribution < 1.29 is 0 Å². The van der Waals surface area contributed by atoms with Crippen LogP contribution < -0.4 is 5.32 Å². The maximum absolute atomic E-state index is 4.83. The minimum absolute atomic E-state index is 0.560. The summed E-state index contributed by atoms with van der Waals surface area (Å²) < 4.78 is 2.17. The molecule has 0 amide bonds. The standard InChI is InChI=1S/C17H30N4/c1-3-16(4-2)21-11-9-15(19-21)13-20(17-7-8-17)12-14-6-5-10-18-14/h9,11,14,16-18H,3-8,10,12-13H2,1-2H3. The van der Waals surface area contributed by atoms with Gasteiger partial charge in [-0.15, -0.1) is 0 Å². The van der Waals surface area contributed by atoms with Gasteiger partial charge in [0, 0.05) is 31.4 Å². The van der Waals surface area contributed by atoms with E-state index in [0.717, 1.165) is 25.4 Å². The highest BCUT2D eigenvalue weighted by atomic mass is 15.3. The molecule has 0 spiro atoms. The van der Waals surface area contributed by atoms with Crippen LogP contribution in [-0.4, -0.2) is 39.9 Å². The van der Waals surface area contributed by atoms with Crippen LogP contribution in [0.15, 0.2) is 12.3 Å². The van der Waals surface area contributed by atoms with E-state index in [9.17, 15) is 0 Å². The molecule has 1 aromatic heterocycles. The number of hydrogen-bond acceptors (Lipinski definition) is 3. The molecule has 4 nitrogen and oxygen atoms in total. The summed E-state index contributed by atoms with van der Waals surface area (Å²) in [7, 11) is 0. The third-order valence-electron chi connectivity index (χ3n) is 5.03. The van der Waals surface area contributed by atoms with Gasteiger partial charge in [-0.2, -0.15) is 5.10 Å². The summed E-state index contributed by atoms with van der Waals surface area (Å²) in [6, 6.07) is 4.29. The Morgan fingerprint density at radius 2 is 2.14 bits per heavy atom. The van der Waals surface area contributed by atoms with Crippen molar-refractivity contribution in [2.45, 2.75) is 77.0 Å². The second kappa shape index (κ2) is 6.93. The fourth-order valence-corrected chi connectivity index (χ4v) is 3.51. The van der Waals surface area contributed by atoms with Gasteiger partial charge in [0.25, 0.3) is 0 Å². The van der Waals surface area contributed by atoms with Crippen LogP contribution >= 0.6 is 0 Å². The van der Waals surface area contributed by atoms with Gasteiger partial charge >= 0.3 is 0 Å². The third-order valence-corrected chi connectivity index (χ3v) is 5.03. The summed E-state index contributed by atoms with van der Waals surface area (Å²) in [4.78, 5) is 2.66. The highest BCUT2D eigenvalue weighted by Crippen LogP contribution is 2.29. The molecule has 0 aromatic carbocycles. The molecule has 3 rings (SSSR count). The van der Waals surface area contributed by atoms with Crippen molar-refractivity contribution in [3.8, 4) is 0 Å². The molecule has 1 unspecified atom stereocenters. The minimum atomic E-state index is 0.560. The first kappa shape index (κ1) is 15.0. The Labute approximate surface area is 128 Å². The first-order valence-electron chi connectivity index (χ1n) is 8.81. The lowest BCUT2D eigenvalue weighted by Gasteiger charge is -2.24. The summed E-state index contributed by atoms with van der Waals surface area (Å²) in [5.74, 6) is 0. The lowest BCUT2D eigenvalue weighted by atomic mass is 10.2. The van der Waals surface area contributed by atoms with Crippen LogP contribution in [0, 0.1) is 0 Å². The SMILES string of the molecule is CCC(CC)n1ccc(CN(CC2CCCN2)C2CC2)n1. The fourth-order valence-electron chi connectivity index (χ4n) is 3.51. The maximum atomic E-state index is 4.83. The van der Waals surface area contributed by atoms with Crippen molar-refractivity contribution in [3.05, 3.63) is 18.0 Å².